The highest BCUT2D eigenvalue weighted by atomic mass is 28.3. The Kier molecular flexibility index (Phi) is 8.12. The van der Waals surface area contributed by atoms with Crippen molar-refractivity contribution in [2.45, 2.75) is 80.1 Å². The first-order valence-electron chi connectivity index (χ1n) is 15.4. The molecule has 4 aromatic rings. The van der Waals surface area contributed by atoms with Crippen LogP contribution in [0.15, 0.2) is 96.2 Å². The van der Waals surface area contributed by atoms with Crippen LogP contribution in [0.1, 0.15) is 104 Å². The van der Waals surface area contributed by atoms with Crippen LogP contribution in [-0.4, -0.2) is 8.07 Å². The molecule has 0 N–H and O–H groups in total. The van der Waals surface area contributed by atoms with Gasteiger partial charge in [-0.1, -0.05) is 139 Å². The summed E-state index contributed by atoms with van der Waals surface area (Å²) >= 11 is 0. The summed E-state index contributed by atoms with van der Waals surface area (Å²) in [5.41, 5.74) is 11.3. The molecule has 0 nitrogen and oxygen atoms in total. The maximum absolute atomic E-state index is 2.60. The Hall–Kier alpha value is -3.42. The summed E-state index contributed by atoms with van der Waals surface area (Å²) in [5.74, 6) is 1.34. The van der Waals surface area contributed by atoms with E-state index in [9.17, 15) is 0 Å². The van der Waals surface area contributed by atoms with E-state index in [1.807, 2.05) is 0 Å². The van der Waals surface area contributed by atoms with E-state index in [4.69, 9.17) is 0 Å². The minimum Gasteiger partial charge on any atom is -0.0623 e. The van der Waals surface area contributed by atoms with Crippen LogP contribution in [0.2, 0.25) is 0 Å². The van der Waals surface area contributed by atoms with Gasteiger partial charge in [0.25, 0.3) is 0 Å². The van der Waals surface area contributed by atoms with Crippen LogP contribution in [0.3, 0.4) is 0 Å². The molecule has 1 aliphatic rings. The van der Waals surface area contributed by atoms with Gasteiger partial charge in [-0.2, -0.15) is 0 Å². The normalized spacial score (nSPS) is 17.9. The quantitative estimate of drug-likeness (QED) is 0.199. The van der Waals surface area contributed by atoms with Crippen LogP contribution in [0, 0.1) is 20.8 Å². The van der Waals surface area contributed by atoms with Gasteiger partial charge in [0.15, 0.2) is 8.07 Å². The smallest absolute Gasteiger partial charge is 0.0623 e. The summed E-state index contributed by atoms with van der Waals surface area (Å²) in [6.45, 7) is 21.0. The maximum atomic E-state index is 2.55. The summed E-state index contributed by atoms with van der Waals surface area (Å²) < 4.78 is 0. The van der Waals surface area contributed by atoms with Crippen molar-refractivity contribution in [1.29, 1.82) is 0 Å². The van der Waals surface area contributed by atoms with Crippen molar-refractivity contribution in [1.82, 2.24) is 0 Å². The van der Waals surface area contributed by atoms with Gasteiger partial charge in [-0.15, -0.1) is 0 Å². The van der Waals surface area contributed by atoms with E-state index in [2.05, 4.69) is 159 Å². The summed E-state index contributed by atoms with van der Waals surface area (Å²) in [4.78, 5) is 0. The van der Waals surface area contributed by atoms with Gasteiger partial charge in [-0.3, -0.25) is 0 Å². The molecule has 210 valence electrons. The molecule has 41 heavy (non-hydrogen) atoms. The molecule has 0 fully saturated rings. The summed E-state index contributed by atoms with van der Waals surface area (Å²) in [6.07, 6.45) is 5.03. The summed E-state index contributed by atoms with van der Waals surface area (Å²) in [7, 11) is -2.60. The molecule has 0 spiro atoms. The van der Waals surface area contributed by atoms with Gasteiger partial charge in [0.2, 0.25) is 0 Å². The Balaban J connectivity index is 1.98. The Morgan fingerprint density at radius 2 is 1.12 bits per heavy atom. The van der Waals surface area contributed by atoms with Crippen LogP contribution in [0.5, 0.6) is 0 Å². The second-order valence-corrected chi connectivity index (χ2v) is 16.7. The van der Waals surface area contributed by atoms with Crippen molar-refractivity contribution in [2.75, 3.05) is 0 Å². The standard InChI is InChI=1S/C40H46Si/c1-26(2)33-23-36(27(3)4)40(37(24-33)28(5)6)41(34-18-14-11-15-19-34)35(22-32-16-12-10-13-17-32)25-39(41)38-21-30(8)29(7)20-31(38)9/h10-28H,1-9H3/b35-22-. The van der Waals surface area contributed by atoms with E-state index in [1.54, 1.807) is 10.4 Å². The Labute approximate surface area is 249 Å². The number of hydrogen-bond donors (Lipinski definition) is 0. The zero-order valence-corrected chi connectivity index (χ0v) is 27.5. The Morgan fingerprint density at radius 3 is 1.66 bits per heavy atom. The van der Waals surface area contributed by atoms with Gasteiger partial charge in [0.1, 0.15) is 0 Å². The SMILES string of the molecule is Cc1cc(C)c(C2=C/C(=C/c3ccccc3)[Si]2(c2ccccc2)c2c(C(C)C)cc(C(C)C)cc2C(C)C)cc1C. The molecule has 1 heteroatoms. The Morgan fingerprint density at radius 1 is 0.585 bits per heavy atom. The Bertz CT molecular complexity index is 1590. The van der Waals surface area contributed by atoms with Gasteiger partial charge in [0.05, 0.1) is 0 Å². The number of hydrogen-bond acceptors (Lipinski definition) is 0. The number of benzene rings is 4. The van der Waals surface area contributed by atoms with E-state index < -0.39 is 8.07 Å². The van der Waals surface area contributed by atoms with Crippen molar-refractivity contribution in [3.8, 4) is 0 Å². The molecule has 0 amide bonds. The third-order valence-electron chi connectivity index (χ3n) is 9.10. The van der Waals surface area contributed by atoms with Crippen molar-refractivity contribution in [3.63, 3.8) is 0 Å². The summed E-state index contributed by atoms with van der Waals surface area (Å²) in [6, 6.07) is 32.4. The van der Waals surface area contributed by atoms with Crippen LogP contribution in [-0.2, 0) is 0 Å². The fourth-order valence-corrected chi connectivity index (χ4v) is 12.3. The molecule has 0 saturated carbocycles. The number of rotatable bonds is 7. The van der Waals surface area contributed by atoms with Crippen LogP contribution in [0.4, 0.5) is 0 Å². The van der Waals surface area contributed by atoms with E-state index in [-0.39, 0.29) is 0 Å². The molecule has 1 atom stereocenters. The van der Waals surface area contributed by atoms with Gasteiger partial charge < -0.3 is 0 Å². The second-order valence-electron chi connectivity index (χ2n) is 13.0. The summed E-state index contributed by atoms with van der Waals surface area (Å²) in [5, 5.41) is 6.16. The van der Waals surface area contributed by atoms with Gasteiger partial charge in [-0.25, -0.2) is 0 Å². The zero-order valence-electron chi connectivity index (χ0n) is 26.5. The monoisotopic (exact) mass is 554 g/mol. The molecule has 1 heterocycles. The highest BCUT2D eigenvalue weighted by Crippen LogP contribution is 2.46. The zero-order chi connectivity index (χ0) is 29.5. The van der Waals surface area contributed by atoms with Crippen molar-refractivity contribution in [3.05, 3.63) is 141 Å². The average Bonchev–Trinajstić information content (AvgIpc) is 2.94. The van der Waals surface area contributed by atoms with E-state index >= 15 is 0 Å². The maximum Gasteiger partial charge on any atom is 0.180 e. The lowest BCUT2D eigenvalue weighted by Crippen LogP contribution is -2.67. The minimum atomic E-state index is -2.60. The lowest BCUT2D eigenvalue weighted by atomic mass is 9.89. The van der Waals surface area contributed by atoms with E-state index in [0.29, 0.717) is 17.8 Å². The van der Waals surface area contributed by atoms with E-state index in [0.717, 1.165) is 0 Å². The minimum absolute atomic E-state index is 0.426. The number of aryl methyl sites for hydroxylation is 3. The molecule has 0 saturated heterocycles. The molecule has 0 aromatic heterocycles. The highest BCUT2D eigenvalue weighted by Gasteiger charge is 2.53. The van der Waals surface area contributed by atoms with Gasteiger partial charge in [0, 0.05) is 0 Å². The fourth-order valence-electron chi connectivity index (χ4n) is 6.68. The van der Waals surface area contributed by atoms with Gasteiger partial charge >= 0.3 is 0 Å². The molecule has 0 aliphatic carbocycles. The lowest BCUT2D eigenvalue weighted by Gasteiger charge is -2.47. The largest absolute Gasteiger partial charge is 0.180 e. The molecule has 0 bridgehead atoms. The predicted molar refractivity (Wildman–Crippen MR) is 183 cm³/mol. The first-order chi connectivity index (χ1) is 19.5. The molecular weight excluding hydrogens is 509 g/mol. The fraction of sp³-hybridized carbons (Fsp3) is 0.300. The first-order valence-corrected chi connectivity index (χ1v) is 17.4. The second kappa shape index (κ2) is 11.5. The molecular formula is C40H46Si. The first kappa shape index (κ1) is 29.1. The molecule has 5 rings (SSSR count). The molecule has 1 aliphatic heterocycles. The van der Waals surface area contributed by atoms with E-state index in [1.165, 1.54) is 54.9 Å². The van der Waals surface area contributed by atoms with Crippen LogP contribution in [0.25, 0.3) is 11.3 Å². The lowest BCUT2D eigenvalue weighted by molar-refractivity contribution is 0.812. The average molecular weight is 555 g/mol. The highest BCUT2D eigenvalue weighted by molar-refractivity contribution is 7.23. The third kappa shape index (κ3) is 5.10. The predicted octanol–water partition coefficient (Wildman–Crippen LogP) is 9.80. The third-order valence-corrected chi connectivity index (χ3v) is 14.0. The molecule has 1 unspecified atom stereocenters. The van der Waals surface area contributed by atoms with Gasteiger partial charge in [-0.05, 0) is 104 Å². The molecule has 4 aromatic carbocycles. The van der Waals surface area contributed by atoms with Crippen molar-refractivity contribution in [2.24, 2.45) is 0 Å². The van der Waals surface area contributed by atoms with Crippen molar-refractivity contribution >= 4 is 29.7 Å². The van der Waals surface area contributed by atoms with Crippen LogP contribution < -0.4 is 10.4 Å². The molecule has 0 radical (unpaired) electrons. The number of allylic oxidation sites excluding steroid dienone is 2. The topological polar surface area (TPSA) is 0 Å². The van der Waals surface area contributed by atoms with Crippen LogP contribution >= 0.6 is 0 Å². The van der Waals surface area contributed by atoms with Crippen molar-refractivity contribution < 1.29 is 0 Å².